The molecule has 1 aromatic rings. The van der Waals surface area contributed by atoms with Crippen molar-refractivity contribution in [1.82, 2.24) is 4.90 Å². The van der Waals surface area contributed by atoms with Crippen LogP contribution < -0.4 is 4.90 Å². The molecular formula is C18H23FN2O3. The normalized spacial score (nSPS) is 22.9. The Labute approximate surface area is 141 Å². The Hall–Kier alpha value is -2.11. The van der Waals surface area contributed by atoms with E-state index in [1.54, 1.807) is 11.0 Å². The summed E-state index contributed by atoms with van der Waals surface area (Å²) in [6.45, 7) is 8.15. The molecule has 1 aromatic carbocycles. The number of nitrogens with zero attached hydrogens (tertiary/aromatic N) is 2. The maximum Gasteiger partial charge on any atom is 0.410 e. The average molecular weight is 334 g/mol. The quantitative estimate of drug-likeness (QED) is 0.779. The Bertz CT molecular complexity index is 683. The molecule has 0 radical (unpaired) electrons. The molecule has 2 fully saturated rings. The predicted octanol–water partition coefficient (Wildman–Crippen LogP) is 3.23. The highest BCUT2D eigenvalue weighted by molar-refractivity contribution is 5.94. The molecule has 0 aliphatic carbocycles. The van der Waals surface area contributed by atoms with E-state index in [0.29, 0.717) is 13.1 Å². The molecule has 2 saturated heterocycles. The molecule has 2 atom stereocenters. The molecule has 1 amide bonds. The van der Waals surface area contributed by atoms with Crippen molar-refractivity contribution in [3.05, 3.63) is 29.6 Å². The topological polar surface area (TPSA) is 49.9 Å². The van der Waals surface area contributed by atoms with Gasteiger partial charge in [0, 0.05) is 24.8 Å². The average Bonchev–Trinajstić information content (AvgIpc) is 3.04. The second kappa shape index (κ2) is 5.76. The van der Waals surface area contributed by atoms with Gasteiger partial charge in [0.05, 0.1) is 11.6 Å². The number of piperazine rings is 1. The van der Waals surface area contributed by atoms with Crippen molar-refractivity contribution >= 4 is 17.6 Å². The number of halogens is 1. The third kappa shape index (κ3) is 3.09. The number of ketones is 1. The van der Waals surface area contributed by atoms with E-state index >= 15 is 0 Å². The lowest BCUT2D eigenvalue weighted by Gasteiger charge is -2.36. The van der Waals surface area contributed by atoms with Crippen molar-refractivity contribution < 1.29 is 18.7 Å². The number of likely N-dealkylation sites (tertiary alicyclic amines) is 1. The van der Waals surface area contributed by atoms with Gasteiger partial charge in [-0.1, -0.05) is 0 Å². The van der Waals surface area contributed by atoms with E-state index in [1.165, 1.54) is 19.1 Å². The number of rotatable bonds is 2. The number of hydrogen-bond acceptors (Lipinski definition) is 4. The summed E-state index contributed by atoms with van der Waals surface area (Å²) in [5, 5.41) is 0. The summed E-state index contributed by atoms with van der Waals surface area (Å²) in [7, 11) is 0. The first-order valence-corrected chi connectivity index (χ1v) is 8.22. The molecule has 3 rings (SSSR count). The van der Waals surface area contributed by atoms with E-state index < -0.39 is 11.4 Å². The Balaban J connectivity index is 1.71. The van der Waals surface area contributed by atoms with Crippen LogP contribution in [0.1, 0.15) is 44.5 Å². The lowest BCUT2D eigenvalue weighted by atomic mass is 10.1. The first kappa shape index (κ1) is 16.7. The molecule has 0 saturated carbocycles. The summed E-state index contributed by atoms with van der Waals surface area (Å²) in [4.78, 5) is 27.5. The van der Waals surface area contributed by atoms with Crippen LogP contribution in [0.2, 0.25) is 0 Å². The minimum Gasteiger partial charge on any atom is -0.444 e. The first-order valence-electron chi connectivity index (χ1n) is 8.22. The number of ether oxygens (including phenoxy) is 1. The van der Waals surface area contributed by atoms with Crippen LogP contribution in [0, 0.1) is 5.82 Å². The SMILES string of the molecule is CC(=O)c1ccc(N2C[C@H]3C[C@H]2CN3C(=O)OC(C)(C)C)cc1F. The number of Topliss-reactive ketones (excluding diaryl/α,β-unsaturated/α-hetero) is 1. The number of hydrogen-bond donors (Lipinski definition) is 0. The maximum absolute atomic E-state index is 14.1. The van der Waals surface area contributed by atoms with Crippen molar-refractivity contribution in [3.63, 3.8) is 0 Å². The highest BCUT2D eigenvalue weighted by Gasteiger charge is 2.46. The predicted molar refractivity (Wildman–Crippen MR) is 88.9 cm³/mol. The Morgan fingerprint density at radius 1 is 1.21 bits per heavy atom. The molecule has 0 aromatic heterocycles. The van der Waals surface area contributed by atoms with Gasteiger partial charge < -0.3 is 14.5 Å². The Morgan fingerprint density at radius 2 is 1.92 bits per heavy atom. The van der Waals surface area contributed by atoms with Crippen LogP contribution in [-0.4, -0.2) is 47.6 Å². The van der Waals surface area contributed by atoms with Crippen LogP contribution in [0.5, 0.6) is 0 Å². The Morgan fingerprint density at radius 3 is 2.42 bits per heavy atom. The summed E-state index contributed by atoms with van der Waals surface area (Å²) >= 11 is 0. The van der Waals surface area contributed by atoms with Gasteiger partial charge in [-0.2, -0.15) is 0 Å². The van der Waals surface area contributed by atoms with Gasteiger partial charge in [0.1, 0.15) is 11.4 Å². The molecule has 2 bridgehead atoms. The second-order valence-electron chi connectivity index (χ2n) is 7.55. The standard InChI is InChI=1S/C18H23FN2O3/c1-11(22)15-6-5-12(8-16(15)19)20-9-14-7-13(20)10-21(14)17(23)24-18(2,3)4/h5-6,8,13-14H,7,9-10H2,1-4H3/t13-,14+/m0/s1. The molecule has 2 aliphatic heterocycles. The van der Waals surface area contributed by atoms with Crippen molar-refractivity contribution in [2.75, 3.05) is 18.0 Å². The monoisotopic (exact) mass is 334 g/mol. The van der Waals surface area contributed by atoms with Gasteiger partial charge in [-0.3, -0.25) is 4.79 Å². The van der Waals surface area contributed by atoms with Crippen LogP contribution in [-0.2, 0) is 4.74 Å². The van der Waals surface area contributed by atoms with Gasteiger partial charge in [-0.05, 0) is 52.3 Å². The van der Waals surface area contributed by atoms with Gasteiger partial charge >= 0.3 is 6.09 Å². The summed E-state index contributed by atoms with van der Waals surface area (Å²) in [5.41, 5.74) is 0.358. The highest BCUT2D eigenvalue weighted by Crippen LogP contribution is 2.35. The largest absolute Gasteiger partial charge is 0.444 e. The van der Waals surface area contributed by atoms with Crippen LogP contribution >= 0.6 is 0 Å². The van der Waals surface area contributed by atoms with E-state index in [9.17, 15) is 14.0 Å². The number of anilines is 1. The zero-order chi connectivity index (χ0) is 17.6. The molecule has 5 nitrogen and oxygen atoms in total. The lowest BCUT2D eigenvalue weighted by molar-refractivity contribution is 0.0214. The fourth-order valence-electron chi connectivity index (χ4n) is 3.50. The minimum absolute atomic E-state index is 0.0837. The lowest BCUT2D eigenvalue weighted by Crippen LogP contribution is -2.50. The van der Waals surface area contributed by atoms with Gasteiger partial charge in [0.2, 0.25) is 0 Å². The number of amides is 1. The molecule has 2 aliphatic rings. The zero-order valence-corrected chi connectivity index (χ0v) is 14.5. The van der Waals surface area contributed by atoms with Crippen LogP contribution in [0.3, 0.4) is 0 Å². The van der Waals surface area contributed by atoms with Gasteiger partial charge in [-0.15, -0.1) is 0 Å². The molecule has 24 heavy (non-hydrogen) atoms. The van der Waals surface area contributed by atoms with E-state index in [-0.39, 0.29) is 29.5 Å². The van der Waals surface area contributed by atoms with Gasteiger partial charge in [0.15, 0.2) is 5.78 Å². The van der Waals surface area contributed by atoms with Crippen LogP contribution in [0.4, 0.5) is 14.9 Å². The first-order chi connectivity index (χ1) is 11.2. The van der Waals surface area contributed by atoms with Crippen molar-refractivity contribution in [2.24, 2.45) is 0 Å². The molecule has 6 heteroatoms. The number of benzene rings is 1. The maximum atomic E-state index is 14.1. The number of fused-ring (bicyclic) bond motifs is 2. The summed E-state index contributed by atoms with van der Waals surface area (Å²) < 4.78 is 19.5. The van der Waals surface area contributed by atoms with E-state index in [4.69, 9.17) is 4.74 Å². The van der Waals surface area contributed by atoms with Gasteiger partial charge in [0.25, 0.3) is 0 Å². The minimum atomic E-state index is -0.510. The van der Waals surface area contributed by atoms with Crippen molar-refractivity contribution in [2.45, 2.75) is 51.8 Å². The van der Waals surface area contributed by atoms with E-state index in [1.807, 2.05) is 20.8 Å². The fourth-order valence-corrected chi connectivity index (χ4v) is 3.50. The highest BCUT2D eigenvalue weighted by atomic mass is 19.1. The third-order valence-electron chi connectivity index (χ3n) is 4.53. The second-order valence-corrected chi connectivity index (χ2v) is 7.55. The zero-order valence-electron chi connectivity index (χ0n) is 14.5. The molecule has 0 unspecified atom stereocenters. The summed E-state index contributed by atoms with van der Waals surface area (Å²) in [5.74, 6) is -0.773. The molecule has 0 spiro atoms. The van der Waals surface area contributed by atoms with Crippen LogP contribution in [0.15, 0.2) is 18.2 Å². The summed E-state index contributed by atoms with van der Waals surface area (Å²) in [6.07, 6.45) is 0.572. The number of carbonyl (C=O) groups excluding carboxylic acids is 2. The van der Waals surface area contributed by atoms with Crippen molar-refractivity contribution in [3.8, 4) is 0 Å². The smallest absolute Gasteiger partial charge is 0.410 e. The number of carbonyl (C=O) groups is 2. The fraction of sp³-hybridized carbons (Fsp3) is 0.556. The molecule has 2 heterocycles. The van der Waals surface area contributed by atoms with Crippen LogP contribution in [0.25, 0.3) is 0 Å². The Kier molecular flexibility index (Phi) is 4.01. The van der Waals surface area contributed by atoms with Gasteiger partial charge in [-0.25, -0.2) is 9.18 Å². The molecular weight excluding hydrogens is 311 g/mol. The summed E-state index contributed by atoms with van der Waals surface area (Å²) in [6, 6.07) is 4.96. The molecule has 130 valence electrons. The third-order valence-corrected chi connectivity index (χ3v) is 4.53. The molecule has 0 N–H and O–H groups in total. The van der Waals surface area contributed by atoms with E-state index in [2.05, 4.69) is 4.90 Å². The van der Waals surface area contributed by atoms with E-state index in [0.717, 1.165) is 12.1 Å². The van der Waals surface area contributed by atoms with Crippen molar-refractivity contribution in [1.29, 1.82) is 0 Å².